The Labute approximate surface area is 75.4 Å². The van der Waals surface area contributed by atoms with Crippen LogP contribution in [0.25, 0.3) is 0 Å². The monoisotopic (exact) mass is 212 g/mol. The van der Waals surface area contributed by atoms with Crippen molar-refractivity contribution in [1.29, 1.82) is 0 Å². The van der Waals surface area contributed by atoms with E-state index in [-0.39, 0.29) is 0 Å². The first kappa shape index (κ1) is 12.6. The van der Waals surface area contributed by atoms with Gasteiger partial charge in [0.15, 0.2) is 5.34 Å². The van der Waals surface area contributed by atoms with Gasteiger partial charge in [-0.25, -0.2) is 0 Å². The summed E-state index contributed by atoms with van der Waals surface area (Å²) in [6.45, 7) is 2.20. The van der Waals surface area contributed by atoms with Gasteiger partial charge in [0.1, 0.15) is 0 Å². The lowest BCUT2D eigenvalue weighted by atomic mass is 10.0. The van der Waals surface area contributed by atoms with E-state index in [1.807, 2.05) is 0 Å². The van der Waals surface area contributed by atoms with Crippen LogP contribution in [0.1, 0.15) is 20.3 Å². The molecule has 4 N–H and O–H groups in total. The van der Waals surface area contributed by atoms with Gasteiger partial charge in [-0.3, -0.25) is 9.36 Å². The van der Waals surface area contributed by atoms with Gasteiger partial charge in [0.05, 0.1) is 6.42 Å². The van der Waals surface area contributed by atoms with Crippen molar-refractivity contribution in [2.75, 3.05) is 0 Å². The summed E-state index contributed by atoms with van der Waals surface area (Å²) in [7, 11) is -4.69. The predicted octanol–water partition coefficient (Wildman–Crippen LogP) is -0.0166. The Morgan fingerprint density at radius 2 is 1.92 bits per heavy atom. The zero-order valence-corrected chi connectivity index (χ0v) is 8.23. The van der Waals surface area contributed by atoms with E-state index in [1.165, 1.54) is 6.92 Å². The van der Waals surface area contributed by atoms with Gasteiger partial charge in [0.25, 0.3) is 0 Å². The lowest BCUT2D eigenvalue weighted by Crippen LogP contribution is -2.33. The molecule has 0 aromatic heterocycles. The minimum atomic E-state index is -4.69. The van der Waals surface area contributed by atoms with Crippen LogP contribution in [0.4, 0.5) is 0 Å². The smallest absolute Gasteiger partial charge is 0.356 e. The third-order valence-electron chi connectivity index (χ3n) is 2.00. The Bertz CT molecular complexity index is 242. The Hall–Kier alpha value is -0.420. The number of carboxylic acid groups (broad SMARTS) is 1. The van der Waals surface area contributed by atoms with Crippen LogP contribution in [0.15, 0.2) is 0 Å². The van der Waals surface area contributed by atoms with Crippen molar-refractivity contribution in [2.24, 2.45) is 5.92 Å². The molecule has 0 saturated carbocycles. The lowest BCUT2D eigenvalue weighted by Gasteiger charge is -2.29. The highest BCUT2D eigenvalue weighted by Gasteiger charge is 2.45. The molecule has 0 radical (unpaired) electrons. The molecular formula is C6H13O6P. The molecule has 13 heavy (non-hydrogen) atoms. The second-order valence-electron chi connectivity index (χ2n) is 3.14. The van der Waals surface area contributed by atoms with E-state index < -0.39 is 31.2 Å². The van der Waals surface area contributed by atoms with Gasteiger partial charge in [0, 0.05) is 5.92 Å². The number of aliphatic carboxylic acids is 1. The predicted molar refractivity (Wildman–Crippen MR) is 44.1 cm³/mol. The number of rotatable bonds is 4. The standard InChI is InChI=1S/C6H13O6P/c1-4(3-5(7)8)6(2,9)13(10,11)12/h4,9H,3H2,1-2H3,(H,7,8)(H2,10,11,12). The van der Waals surface area contributed by atoms with Crippen LogP contribution in [0.2, 0.25) is 0 Å². The second-order valence-corrected chi connectivity index (χ2v) is 5.13. The van der Waals surface area contributed by atoms with Crippen molar-refractivity contribution < 1.29 is 29.4 Å². The first-order valence-electron chi connectivity index (χ1n) is 3.59. The molecule has 2 atom stereocenters. The van der Waals surface area contributed by atoms with Gasteiger partial charge < -0.3 is 20.0 Å². The average Bonchev–Trinajstić information content (AvgIpc) is 1.82. The molecule has 0 rings (SSSR count). The van der Waals surface area contributed by atoms with Crippen LogP contribution < -0.4 is 0 Å². The number of hydrogen-bond acceptors (Lipinski definition) is 3. The van der Waals surface area contributed by atoms with Crippen molar-refractivity contribution >= 4 is 13.6 Å². The quantitative estimate of drug-likeness (QED) is 0.487. The van der Waals surface area contributed by atoms with Crippen molar-refractivity contribution in [3.05, 3.63) is 0 Å². The SMILES string of the molecule is CC(CC(=O)O)C(C)(O)P(=O)(O)O. The Kier molecular flexibility index (Phi) is 3.63. The summed E-state index contributed by atoms with van der Waals surface area (Å²) in [6, 6.07) is 0. The van der Waals surface area contributed by atoms with Crippen LogP contribution >= 0.6 is 7.60 Å². The van der Waals surface area contributed by atoms with Crippen LogP contribution in [-0.2, 0) is 9.36 Å². The normalized spacial score (nSPS) is 19.2. The summed E-state index contributed by atoms with van der Waals surface area (Å²) >= 11 is 0. The fraction of sp³-hybridized carbons (Fsp3) is 0.833. The molecule has 0 bridgehead atoms. The Balaban J connectivity index is 4.64. The lowest BCUT2D eigenvalue weighted by molar-refractivity contribution is -0.139. The molecule has 0 spiro atoms. The third-order valence-corrected chi connectivity index (χ3v) is 3.62. The highest BCUT2D eigenvalue weighted by molar-refractivity contribution is 7.53. The molecule has 0 heterocycles. The molecule has 0 saturated heterocycles. The summed E-state index contributed by atoms with van der Waals surface area (Å²) in [6.07, 6.45) is -0.488. The van der Waals surface area contributed by atoms with Crippen molar-refractivity contribution in [1.82, 2.24) is 0 Å². The number of hydrogen-bond donors (Lipinski definition) is 4. The van der Waals surface area contributed by atoms with Crippen LogP contribution in [0, 0.1) is 5.92 Å². The highest BCUT2D eigenvalue weighted by atomic mass is 31.2. The van der Waals surface area contributed by atoms with Gasteiger partial charge in [-0.05, 0) is 6.92 Å². The zero-order chi connectivity index (χ0) is 10.9. The van der Waals surface area contributed by atoms with Crippen LogP contribution in [-0.4, -0.2) is 31.3 Å². The maximum Gasteiger partial charge on any atom is 0.356 e. The highest BCUT2D eigenvalue weighted by Crippen LogP contribution is 2.53. The summed E-state index contributed by atoms with van der Waals surface area (Å²) < 4.78 is 10.7. The van der Waals surface area contributed by atoms with Crippen molar-refractivity contribution in [3.8, 4) is 0 Å². The van der Waals surface area contributed by atoms with E-state index in [1.54, 1.807) is 0 Å². The molecule has 0 fully saturated rings. The Morgan fingerprint density at radius 1 is 1.54 bits per heavy atom. The topological polar surface area (TPSA) is 115 Å². The van der Waals surface area contributed by atoms with Crippen LogP contribution in [0.5, 0.6) is 0 Å². The molecule has 0 aliphatic carbocycles. The molecule has 78 valence electrons. The van der Waals surface area contributed by atoms with E-state index in [0.29, 0.717) is 0 Å². The maximum atomic E-state index is 10.7. The minimum Gasteiger partial charge on any atom is -0.481 e. The van der Waals surface area contributed by atoms with E-state index >= 15 is 0 Å². The van der Waals surface area contributed by atoms with Gasteiger partial charge in [-0.15, -0.1) is 0 Å². The van der Waals surface area contributed by atoms with E-state index in [4.69, 9.17) is 14.9 Å². The summed E-state index contributed by atoms with van der Waals surface area (Å²) in [5.74, 6) is -2.22. The van der Waals surface area contributed by atoms with Crippen molar-refractivity contribution in [3.63, 3.8) is 0 Å². The maximum absolute atomic E-state index is 10.7. The van der Waals surface area contributed by atoms with Gasteiger partial charge in [-0.2, -0.15) is 0 Å². The molecule has 0 aromatic carbocycles. The first-order valence-corrected chi connectivity index (χ1v) is 5.20. The van der Waals surface area contributed by atoms with Crippen LogP contribution in [0.3, 0.4) is 0 Å². The first-order chi connectivity index (χ1) is 5.59. The van der Waals surface area contributed by atoms with Gasteiger partial charge >= 0.3 is 13.6 Å². The molecule has 0 aromatic rings. The summed E-state index contributed by atoms with van der Waals surface area (Å²) in [5, 5.41) is 15.4. The average molecular weight is 212 g/mol. The zero-order valence-electron chi connectivity index (χ0n) is 7.34. The summed E-state index contributed by atoms with van der Waals surface area (Å²) in [4.78, 5) is 27.6. The largest absolute Gasteiger partial charge is 0.481 e. The molecule has 0 aliphatic heterocycles. The fourth-order valence-corrected chi connectivity index (χ4v) is 1.41. The van der Waals surface area contributed by atoms with Crippen molar-refractivity contribution in [2.45, 2.75) is 25.6 Å². The molecule has 7 heteroatoms. The Morgan fingerprint density at radius 3 is 2.15 bits per heavy atom. The van der Waals surface area contributed by atoms with E-state index in [2.05, 4.69) is 0 Å². The summed E-state index contributed by atoms with van der Waals surface area (Å²) in [5.41, 5.74) is 0. The van der Waals surface area contributed by atoms with E-state index in [0.717, 1.165) is 6.92 Å². The third kappa shape index (κ3) is 3.08. The minimum absolute atomic E-state index is 0.488. The van der Waals surface area contributed by atoms with Gasteiger partial charge in [0.2, 0.25) is 0 Å². The molecule has 0 amide bonds. The molecule has 6 nitrogen and oxygen atoms in total. The number of aliphatic hydroxyl groups is 1. The fourth-order valence-electron chi connectivity index (χ4n) is 0.742. The second kappa shape index (κ2) is 3.75. The number of carbonyl (C=O) groups is 1. The number of carboxylic acids is 1. The molecule has 2 unspecified atom stereocenters. The van der Waals surface area contributed by atoms with Gasteiger partial charge in [-0.1, -0.05) is 6.92 Å². The molecular weight excluding hydrogens is 199 g/mol. The molecule has 0 aliphatic rings. The van der Waals surface area contributed by atoms with E-state index in [9.17, 15) is 14.5 Å².